The third-order valence-electron chi connectivity index (χ3n) is 4.70. The molecule has 9 nitrogen and oxygen atoms in total. The summed E-state index contributed by atoms with van der Waals surface area (Å²) in [7, 11) is 1.55. The number of ether oxygens (including phenoxy) is 1. The van der Waals surface area contributed by atoms with Gasteiger partial charge in [-0.25, -0.2) is 4.79 Å². The summed E-state index contributed by atoms with van der Waals surface area (Å²) in [6.07, 6.45) is 1.73. The first-order valence-electron chi connectivity index (χ1n) is 9.04. The molecular weight excluding hydrogens is 362 g/mol. The van der Waals surface area contributed by atoms with E-state index in [9.17, 15) is 4.79 Å². The number of rotatable bonds is 4. The molecule has 0 bridgehead atoms. The van der Waals surface area contributed by atoms with E-state index in [1.807, 2.05) is 13.0 Å². The van der Waals surface area contributed by atoms with Gasteiger partial charge in [-0.2, -0.15) is 0 Å². The summed E-state index contributed by atoms with van der Waals surface area (Å²) in [6, 6.07) is 6.83. The molecule has 146 valence electrons. The van der Waals surface area contributed by atoms with Crippen molar-refractivity contribution in [2.24, 2.45) is 0 Å². The molecule has 1 atom stereocenters. The third kappa shape index (κ3) is 3.42. The van der Waals surface area contributed by atoms with Gasteiger partial charge in [0.2, 0.25) is 11.8 Å². The van der Waals surface area contributed by atoms with Crippen LogP contribution in [-0.2, 0) is 0 Å². The Bertz CT molecular complexity index is 996. The van der Waals surface area contributed by atoms with E-state index in [1.54, 1.807) is 37.1 Å². The second kappa shape index (κ2) is 7.34. The van der Waals surface area contributed by atoms with Gasteiger partial charge in [-0.3, -0.25) is 0 Å². The predicted molar refractivity (Wildman–Crippen MR) is 100.0 cm³/mol. The van der Waals surface area contributed by atoms with E-state index in [0.717, 1.165) is 18.5 Å². The van der Waals surface area contributed by atoms with Crippen LogP contribution in [0.2, 0.25) is 0 Å². The number of aromatic nitrogens is 3. The SMILES string of the molecule is COc1ccc(-c2nnc(C)o2)cc1NC(=O)N1CCC[C@@H]1c1cc(C)no1. The number of amides is 2. The van der Waals surface area contributed by atoms with E-state index >= 15 is 0 Å². The molecule has 1 fully saturated rings. The number of hydrogen-bond donors (Lipinski definition) is 1. The maximum atomic E-state index is 13.0. The number of anilines is 1. The molecule has 0 spiro atoms. The highest BCUT2D eigenvalue weighted by Gasteiger charge is 2.33. The maximum absolute atomic E-state index is 13.0. The van der Waals surface area contributed by atoms with Crippen molar-refractivity contribution in [2.75, 3.05) is 19.0 Å². The molecule has 0 radical (unpaired) electrons. The fraction of sp³-hybridized carbons (Fsp3) is 0.368. The van der Waals surface area contributed by atoms with Crippen LogP contribution < -0.4 is 10.1 Å². The van der Waals surface area contributed by atoms with Gasteiger partial charge in [0.15, 0.2) is 5.76 Å². The second-order valence-corrected chi connectivity index (χ2v) is 6.69. The summed E-state index contributed by atoms with van der Waals surface area (Å²) in [5.41, 5.74) is 2.02. The average Bonchev–Trinajstić information content (AvgIpc) is 3.42. The second-order valence-electron chi connectivity index (χ2n) is 6.69. The minimum absolute atomic E-state index is 0.131. The molecule has 1 saturated heterocycles. The van der Waals surface area contributed by atoms with Crippen LogP contribution in [0, 0.1) is 13.8 Å². The zero-order valence-electron chi connectivity index (χ0n) is 15.9. The van der Waals surface area contributed by atoms with Crippen molar-refractivity contribution >= 4 is 11.7 Å². The Morgan fingerprint density at radius 1 is 1.29 bits per heavy atom. The van der Waals surface area contributed by atoms with Crippen molar-refractivity contribution < 1.29 is 18.5 Å². The predicted octanol–water partition coefficient (Wildman–Crippen LogP) is 3.72. The van der Waals surface area contributed by atoms with Crippen LogP contribution in [0.4, 0.5) is 10.5 Å². The Hall–Kier alpha value is -3.36. The molecule has 1 aliphatic heterocycles. The molecule has 4 rings (SSSR count). The zero-order chi connectivity index (χ0) is 19.7. The number of urea groups is 1. The van der Waals surface area contributed by atoms with E-state index in [2.05, 4.69) is 20.7 Å². The van der Waals surface area contributed by atoms with Crippen LogP contribution in [-0.4, -0.2) is 39.9 Å². The molecule has 1 N–H and O–H groups in total. The number of benzene rings is 1. The molecule has 3 heterocycles. The van der Waals surface area contributed by atoms with Gasteiger partial charge in [0.1, 0.15) is 5.75 Å². The first-order valence-corrected chi connectivity index (χ1v) is 9.04. The zero-order valence-corrected chi connectivity index (χ0v) is 15.9. The van der Waals surface area contributed by atoms with E-state index in [1.165, 1.54) is 0 Å². The number of carbonyl (C=O) groups excluding carboxylic acids is 1. The lowest BCUT2D eigenvalue weighted by molar-refractivity contribution is 0.195. The highest BCUT2D eigenvalue weighted by atomic mass is 16.5. The summed E-state index contributed by atoms with van der Waals surface area (Å²) in [6.45, 7) is 4.23. The first-order chi connectivity index (χ1) is 13.5. The molecule has 0 saturated carbocycles. The molecule has 2 amide bonds. The number of carbonyl (C=O) groups is 1. The van der Waals surface area contributed by atoms with Crippen molar-refractivity contribution in [2.45, 2.75) is 32.7 Å². The summed E-state index contributed by atoms with van der Waals surface area (Å²) >= 11 is 0. The van der Waals surface area contributed by atoms with Gasteiger partial charge in [0, 0.05) is 25.1 Å². The van der Waals surface area contributed by atoms with Crippen LogP contribution in [0.5, 0.6) is 5.75 Å². The third-order valence-corrected chi connectivity index (χ3v) is 4.70. The van der Waals surface area contributed by atoms with Crippen molar-refractivity contribution in [1.29, 1.82) is 0 Å². The molecule has 3 aromatic rings. The average molecular weight is 383 g/mol. The van der Waals surface area contributed by atoms with Crippen LogP contribution in [0.15, 0.2) is 33.2 Å². The lowest BCUT2D eigenvalue weighted by atomic mass is 10.1. The smallest absolute Gasteiger partial charge is 0.322 e. The highest BCUT2D eigenvalue weighted by molar-refractivity contribution is 5.92. The number of methoxy groups -OCH3 is 1. The molecular formula is C19H21N5O4. The minimum atomic E-state index is -0.228. The highest BCUT2D eigenvalue weighted by Crippen LogP contribution is 2.35. The van der Waals surface area contributed by atoms with E-state index in [0.29, 0.717) is 41.1 Å². The molecule has 0 aliphatic carbocycles. The number of hydrogen-bond acceptors (Lipinski definition) is 7. The van der Waals surface area contributed by atoms with Crippen LogP contribution in [0.25, 0.3) is 11.5 Å². The van der Waals surface area contributed by atoms with Crippen LogP contribution in [0.3, 0.4) is 0 Å². The van der Waals surface area contributed by atoms with Crippen LogP contribution in [0.1, 0.15) is 36.2 Å². The Morgan fingerprint density at radius 3 is 2.82 bits per heavy atom. The first kappa shape index (κ1) is 18.0. The fourth-order valence-electron chi connectivity index (χ4n) is 3.38. The molecule has 2 aromatic heterocycles. The van der Waals surface area contributed by atoms with Gasteiger partial charge in [-0.05, 0) is 38.0 Å². The molecule has 1 aromatic carbocycles. The monoisotopic (exact) mass is 383 g/mol. The van der Waals surface area contributed by atoms with Gasteiger partial charge in [-0.1, -0.05) is 5.16 Å². The van der Waals surface area contributed by atoms with Gasteiger partial charge >= 0.3 is 6.03 Å². The Kier molecular flexibility index (Phi) is 4.72. The fourth-order valence-corrected chi connectivity index (χ4v) is 3.38. The number of likely N-dealkylation sites (tertiary alicyclic amines) is 1. The summed E-state index contributed by atoms with van der Waals surface area (Å²) < 4.78 is 16.2. The maximum Gasteiger partial charge on any atom is 0.322 e. The van der Waals surface area contributed by atoms with Gasteiger partial charge in [0.25, 0.3) is 0 Å². The van der Waals surface area contributed by atoms with Crippen molar-refractivity contribution in [3.05, 3.63) is 41.6 Å². The standard InChI is InChI=1S/C19H21N5O4/c1-11-9-17(28-23-11)15-5-4-8-24(15)19(25)20-14-10-13(6-7-16(14)26-3)18-22-21-12(2)27-18/h6-7,9-10,15H,4-5,8H2,1-3H3,(H,20,25)/t15-/m1/s1. The van der Waals surface area contributed by atoms with E-state index < -0.39 is 0 Å². The summed E-state index contributed by atoms with van der Waals surface area (Å²) in [5.74, 6) is 2.09. The van der Waals surface area contributed by atoms with Gasteiger partial charge in [0.05, 0.1) is 24.5 Å². The summed E-state index contributed by atoms with van der Waals surface area (Å²) in [4.78, 5) is 14.7. The Balaban J connectivity index is 1.58. The van der Waals surface area contributed by atoms with Crippen molar-refractivity contribution in [3.8, 4) is 17.2 Å². The molecule has 28 heavy (non-hydrogen) atoms. The quantitative estimate of drug-likeness (QED) is 0.732. The topological polar surface area (TPSA) is 107 Å². The number of nitrogens with zero attached hydrogens (tertiary/aromatic N) is 4. The Morgan fingerprint density at radius 2 is 2.14 bits per heavy atom. The van der Waals surface area contributed by atoms with E-state index in [-0.39, 0.29) is 12.1 Å². The van der Waals surface area contributed by atoms with Gasteiger partial charge in [-0.15, -0.1) is 10.2 Å². The minimum Gasteiger partial charge on any atom is -0.495 e. The lowest BCUT2D eigenvalue weighted by Crippen LogP contribution is -2.34. The Labute approximate surface area is 161 Å². The molecule has 0 unspecified atom stereocenters. The summed E-state index contributed by atoms with van der Waals surface area (Å²) in [5, 5.41) is 14.7. The van der Waals surface area contributed by atoms with E-state index in [4.69, 9.17) is 13.7 Å². The molecule has 9 heteroatoms. The largest absolute Gasteiger partial charge is 0.495 e. The number of aryl methyl sites for hydroxylation is 2. The van der Waals surface area contributed by atoms with Crippen molar-refractivity contribution in [3.63, 3.8) is 0 Å². The lowest BCUT2D eigenvalue weighted by Gasteiger charge is -2.23. The molecule has 1 aliphatic rings. The normalized spacial score (nSPS) is 16.4. The van der Waals surface area contributed by atoms with Gasteiger partial charge < -0.3 is 23.9 Å². The van der Waals surface area contributed by atoms with Crippen LogP contribution >= 0.6 is 0 Å². The number of nitrogens with one attached hydrogen (secondary N) is 1. The van der Waals surface area contributed by atoms with Crippen molar-refractivity contribution in [1.82, 2.24) is 20.3 Å².